The molecule has 1 aliphatic rings. The summed E-state index contributed by atoms with van der Waals surface area (Å²) in [4.78, 5) is 25.5. The predicted octanol–water partition coefficient (Wildman–Crippen LogP) is 4.25. The van der Waals surface area contributed by atoms with Crippen LogP contribution >= 0.6 is 11.3 Å². The quantitative estimate of drug-likeness (QED) is 0.590. The number of likely N-dealkylation sites (tertiary alicyclic amines) is 1. The number of hydrogen-bond donors (Lipinski definition) is 0. The highest BCUT2D eigenvalue weighted by molar-refractivity contribution is 7.12. The fourth-order valence-electron chi connectivity index (χ4n) is 2.82. The average Bonchev–Trinajstić information content (AvgIpc) is 2.93. The Balaban J connectivity index is 1.57. The average molecular weight is 360 g/mol. The summed E-state index contributed by atoms with van der Waals surface area (Å²) in [6.07, 6.45) is 4.55. The number of nitrogens with zero attached hydrogens (tertiary/aromatic N) is 2. The van der Waals surface area contributed by atoms with E-state index >= 15 is 0 Å². The molecule has 0 N–H and O–H groups in total. The Hall–Kier alpha value is -2.41. The van der Waals surface area contributed by atoms with Gasteiger partial charge in [0.25, 0.3) is 11.6 Å². The number of nitro benzene ring substituents is 1. The third-order valence-electron chi connectivity index (χ3n) is 4.21. The Kier molecular flexibility index (Phi) is 5.65. The van der Waals surface area contributed by atoms with Crippen LogP contribution in [0.2, 0.25) is 0 Å². The lowest BCUT2D eigenvalue weighted by molar-refractivity contribution is -0.384. The lowest BCUT2D eigenvalue weighted by atomic mass is 10.2. The molecule has 2 aromatic rings. The highest BCUT2D eigenvalue weighted by Crippen LogP contribution is 2.22. The molecule has 1 amide bonds. The molecule has 1 fully saturated rings. The van der Waals surface area contributed by atoms with Crippen LogP contribution in [-0.2, 0) is 6.61 Å². The second-order valence-electron chi connectivity index (χ2n) is 6.07. The minimum absolute atomic E-state index is 0.0354. The van der Waals surface area contributed by atoms with Gasteiger partial charge in [0.15, 0.2) is 0 Å². The molecule has 1 aromatic heterocycles. The van der Waals surface area contributed by atoms with Gasteiger partial charge >= 0.3 is 0 Å². The normalized spacial score (nSPS) is 14.8. The van der Waals surface area contributed by atoms with Gasteiger partial charge in [0.1, 0.15) is 12.4 Å². The van der Waals surface area contributed by atoms with Crippen molar-refractivity contribution in [3.05, 3.63) is 56.3 Å². The van der Waals surface area contributed by atoms with E-state index in [1.165, 1.54) is 36.3 Å². The van der Waals surface area contributed by atoms with Crippen molar-refractivity contribution in [1.82, 2.24) is 4.90 Å². The lowest BCUT2D eigenvalue weighted by Crippen LogP contribution is -2.31. The largest absolute Gasteiger partial charge is 0.489 e. The van der Waals surface area contributed by atoms with Crippen LogP contribution in [0.15, 0.2) is 35.7 Å². The number of rotatable bonds is 5. The summed E-state index contributed by atoms with van der Waals surface area (Å²) in [5.74, 6) is 0.672. The van der Waals surface area contributed by atoms with Gasteiger partial charge < -0.3 is 9.64 Å². The van der Waals surface area contributed by atoms with Gasteiger partial charge in [-0.25, -0.2) is 0 Å². The molecule has 1 saturated heterocycles. The maximum Gasteiger partial charge on any atom is 0.269 e. The summed E-state index contributed by atoms with van der Waals surface area (Å²) in [5, 5.41) is 12.6. The molecule has 7 heteroatoms. The zero-order valence-electron chi connectivity index (χ0n) is 13.8. The molecule has 0 saturated carbocycles. The van der Waals surface area contributed by atoms with E-state index in [9.17, 15) is 14.9 Å². The molecule has 6 nitrogen and oxygen atoms in total. The van der Waals surface area contributed by atoms with Crippen LogP contribution in [0.1, 0.15) is 40.9 Å². The minimum atomic E-state index is -0.441. The molecule has 0 bridgehead atoms. The van der Waals surface area contributed by atoms with Gasteiger partial charge in [-0.15, -0.1) is 11.3 Å². The number of carbonyl (C=O) groups is 1. The summed E-state index contributed by atoms with van der Waals surface area (Å²) in [5.41, 5.74) is 0.967. The minimum Gasteiger partial charge on any atom is -0.489 e. The Labute approximate surface area is 150 Å². The van der Waals surface area contributed by atoms with Crippen molar-refractivity contribution in [3.8, 4) is 5.75 Å². The molecule has 3 rings (SSSR count). The molecule has 1 aliphatic heterocycles. The topological polar surface area (TPSA) is 72.7 Å². The second-order valence-corrected chi connectivity index (χ2v) is 6.98. The predicted molar refractivity (Wildman–Crippen MR) is 96.1 cm³/mol. The molecule has 2 heterocycles. The first kappa shape index (κ1) is 17.4. The fraction of sp³-hybridized carbons (Fsp3) is 0.389. The van der Waals surface area contributed by atoms with E-state index in [4.69, 9.17) is 4.74 Å². The van der Waals surface area contributed by atoms with Crippen LogP contribution in [0.5, 0.6) is 5.75 Å². The smallest absolute Gasteiger partial charge is 0.269 e. The van der Waals surface area contributed by atoms with Gasteiger partial charge in [0.2, 0.25) is 0 Å². The second kappa shape index (κ2) is 8.11. The van der Waals surface area contributed by atoms with Crippen LogP contribution in [-0.4, -0.2) is 28.8 Å². The Morgan fingerprint density at radius 2 is 1.84 bits per heavy atom. The van der Waals surface area contributed by atoms with Gasteiger partial charge in [0.05, 0.1) is 9.80 Å². The highest BCUT2D eigenvalue weighted by Gasteiger charge is 2.19. The van der Waals surface area contributed by atoms with Crippen molar-refractivity contribution in [2.24, 2.45) is 0 Å². The number of carbonyl (C=O) groups excluding carboxylic acids is 1. The van der Waals surface area contributed by atoms with E-state index in [-0.39, 0.29) is 11.6 Å². The van der Waals surface area contributed by atoms with Crippen LogP contribution < -0.4 is 4.74 Å². The number of nitro groups is 1. The molecule has 0 radical (unpaired) electrons. The molecule has 132 valence electrons. The summed E-state index contributed by atoms with van der Waals surface area (Å²) in [7, 11) is 0. The number of hydrogen-bond acceptors (Lipinski definition) is 5. The van der Waals surface area contributed by atoms with Crippen molar-refractivity contribution in [2.45, 2.75) is 32.3 Å². The Bertz CT molecular complexity index is 734. The molecule has 0 spiro atoms. The number of ether oxygens (including phenoxy) is 1. The summed E-state index contributed by atoms with van der Waals surface area (Å²) in [6.45, 7) is 2.01. The van der Waals surface area contributed by atoms with Crippen molar-refractivity contribution in [2.75, 3.05) is 13.1 Å². The zero-order chi connectivity index (χ0) is 17.6. The van der Waals surface area contributed by atoms with E-state index in [1.807, 2.05) is 16.3 Å². The van der Waals surface area contributed by atoms with Gasteiger partial charge in [-0.1, -0.05) is 12.8 Å². The van der Waals surface area contributed by atoms with Gasteiger partial charge in [-0.2, -0.15) is 0 Å². The van der Waals surface area contributed by atoms with E-state index in [0.29, 0.717) is 12.4 Å². The maximum atomic E-state index is 12.6. The van der Waals surface area contributed by atoms with Crippen LogP contribution in [0.25, 0.3) is 0 Å². The SMILES string of the molecule is O=C(c1cc(COc2ccc([N+](=O)[O-])cc2)cs1)N1CCCCCC1. The van der Waals surface area contributed by atoms with Crippen molar-refractivity contribution in [3.63, 3.8) is 0 Å². The van der Waals surface area contributed by atoms with Gasteiger partial charge in [-0.3, -0.25) is 14.9 Å². The Morgan fingerprint density at radius 3 is 2.48 bits per heavy atom. The van der Waals surface area contributed by atoms with Crippen LogP contribution in [0, 0.1) is 10.1 Å². The first-order valence-corrected chi connectivity index (χ1v) is 9.25. The fourth-order valence-corrected chi connectivity index (χ4v) is 3.69. The molecule has 1 aromatic carbocycles. The summed E-state index contributed by atoms with van der Waals surface area (Å²) in [6, 6.07) is 7.86. The molecule has 0 atom stereocenters. The maximum absolute atomic E-state index is 12.6. The van der Waals surface area contributed by atoms with E-state index < -0.39 is 4.92 Å². The van der Waals surface area contributed by atoms with Gasteiger partial charge in [0, 0.05) is 30.8 Å². The zero-order valence-corrected chi connectivity index (χ0v) is 14.7. The van der Waals surface area contributed by atoms with Crippen LogP contribution in [0.4, 0.5) is 5.69 Å². The van der Waals surface area contributed by atoms with Crippen LogP contribution in [0.3, 0.4) is 0 Å². The summed E-state index contributed by atoms with van der Waals surface area (Å²) < 4.78 is 5.64. The van der Waals surface area contributed by atoms with E-state index in [0.717, 1.165) is 36.4 Å². The van der Waals surface area contributed by atoms with Gasteiger partial charge in [-0.05, 0) is 36.4 Å². The number of amides is 1. The lowest BCUT2D eigenvalue weighted by Gasteiger charge is -2.19. The molecule has 0 aliphatic carbocycles. The van der Waals surface area contributed by atoms with E-state index in [2.05, 4.69) is 0 Å². The summed E-state index contributed by atoms with van der Waals surface area (Å²) >= 11 is 1.44. The van der Waals surface area contributed by atoms with Crippen molar-refractivity contribution < 1.29 is 14.5 Å². The van der Waals surface area contributed by atoms with E-state index in [1.54, 1.807) is 12.1 Å². The first-order valence-electron chi connectivity index (χ1n) is 8.37. The monoisotopic (exact) mass is 360 g/mol. The third kappa shape index (κ3) is 4.57. The van der Waals surface area contributed by atoms with Crippen molar-refractivity contribution in [1.29, 1.82) is 0 Å². The third-order valence-corrected chi connectivity index (χ3v) is 5.18. The molecular weight excluding hydrogens is 340 g/mol. The standard InChI is InChI=1S/C18H20N2O4S/c21-18(19-9-3-1-2-4-10-19)17-11-14(13-25-17)12-24-16-7-5-15(6-8-16)20(22)23/h5-8,11,13H,1-4,9-10,12H2. The number of benzene rings is 1. The molecular formula is C18H20N2O4S. The Morgan fingerprint density at radius 1 is 1.16 bits per heavy atom. The molecule has 0 unspecified atom stereocenters. The van der Waals surface area contributed by atoms with Crippen molar-refractivity contribution >= 4 is 22.9 Å². The number of thiophene rings is 1. The first-order chi connectivity index (χ1) is 12.1. The molecule has 25 heavy (non-hydrogen) atoms. The highest BCUT2D eigenvalue weighted by atomic mass is 32.1. The number of non-ortho nitro benzene ring substituents is 1.